The third-order valence-electron chi connectivity index (χ3n) is 5.08. The predicted molar refractivity (Wildman–Crippen MR) is 91.8 cm³/mol. The minimum Gasteiger partial charge on any atom is -0.369 e. The molecule has 25 heavy (non-hydrogen) atoms. The van der Waals surface area contributed by atoms with Crippen LogP contribution < -0.4 is 11.3 Å². The molecule has 3 rings (SSSR count). The molecule has 2 fully saturated rings. The van der Waals surface area contributed by atoms with Gasteiger partial charge in [-0.15, -0.1) is 0 Å². The second kappa shape index (κ2) is 7.77. The molecular formula is C17H25N5O3. The van der Waals surface area contributed by atoms with Crippen molar-refractivity contribution < 1.29 is 9.59 Å². The van der Waals surface area contributed by atoms with Gasteiger partial charge in [-0.1, -0.05) is 0 Å². The SMILES string of the molecule is NC(=O)CN1CCCC(C(=O)N2CCCC(c3cc(=O)[nH]cn3)C2)C1. The Morgan fingerprint density at radius 1 is 1.24 bits per heavy atom. The highest BCUT2D eigenvalue weighted by Crippen LogP contribution is 2.27. The number of piperidine rings is 2. The lowest BCUT2D eigenvalue weighted by Crippen LogP contribution is -2.49. The van der Waals surface area contributed by atoms with Gasteiger partial charge in [0.15, 0.2) is 0 Å². The van der Waals surface area contributed by atoms with E-state index in [-0.39, 0.29) is 35.8 Å². The number of carbonyl (C=O) groups excluding carboxylic acids is 2. The number of aromatic amines is 1. The molecule has 8 heteroatoms. The van der Waals surface area contributed by atoms with Crippen LogP contribution in [0.1, 0.15) is 37.3 Å². The lowest BCUT2D eigenvalue weighted by molar-refractivity contribution is -0.139. The molecule has 8 nitrogen and oxygen atoms in total. The fraction of sp³-hybridized carbons (Fsp3) is 0.647. The monoisotopic (exact) mass is 347 g/mol. The minimum absolute atomic E-state index is 0.0843. The second-order valence-electron chi connectivity index (χ2n) is 7.00. The van der Waals surface area contributed by atoms with Crippen LogP contribution in [0.15, 0.2) is 17.2 Å². The molecule has 136 valence electrons. The molecule has 2 atom stereocenters. The van der Waals surface area contributed by atoms with Crippen LogP contribution in [0.2, 0.25) is 0 Å². The van der Waals surface area contributed by atoms with Crippen LogP contribution in [-0.4, -0.2) is 64.3 Å². The van der Waals surface area contributed by atoms with Crippen LogP contribution in [0.5, 0.6) is 0 Å². The summed E-state index contributed by atoms with van der Waals surface area (Å²) >= 11 is 0. The standard InChI is InChI=1S/C17H25N5O3/c18-15(23)10-21-5-1-4-13(8-21)17(25)22-6-2-3-12(9-22)14-7-16(24)20-11-19-14/h7,11-13H,1-6,8-10H2,(H2,18,23)(H,19,20,24). The molecule has 0 aliphatic carbocycles. The summed E-state index contributed by atoms with van der Waals surface area (Å²) in [5, 5.41) is 0. The molecule has 1 aromatic rings. The van der Waals surface area contributed by atoms with Crippen molar-refractivity contribution in [3.8, 4) is 0 Å². The van der Waals surface area contributed by atoms with Gasteiger partial charge < -0.3 is 15.6 Å². The fourth-order valence-corrected chi connectivity index (χ4v) is 3.90. The first-order valence-electron chi connectivity index (χ1n) is 8.87. The van der Waals surface area contributed by atoms with E-state index in [1.54, 1.807) is 0 Å². The van der Waals surface area contributed by atoms with Crippen molar-refractivity contribution in [1.29, 1.82) is 0 Å². The number of aromatic nitrogens is 2. The summed E-state index contributed by atoms with van der Waals surface area (Å²) in [7, 11) is 0. The van der Waals surface area contributed by atoms with Gasteiger partial charge in [0, 0.05) is 31.6 Å². The molecule has 0 bridgehead atoms. The van der Waals surface area contributed by atoms with Crippen LogP contribution in [0, 0.1) is 5.92 Å². The maximum atomic E-state index is 12.9. The number of carbonyl (C=O) groups is 2. The number of nitrogens with zero attached hydrogens (tertiary/aromatic N) is 3. The second-order valence-corrected chi connectivity index (χ2v) is 7.00. The first-order chi connectivity index (χ1) is 12.0. The minimum atomic E-state index is -0.355. The van der Waals surface area contributed by atoms with E-state index >= 15 is 0 Å². The number of rotatable bonds is 4. The maximum Gasteiger partial charge on any atom is 0.250 e. The number of likely N-dealkylation sites (tertiary alicyclic amines) is 2. The molecule has 0 aromatic carbocycles. The Morgan fingerprint density at radius 2 is 2.04 bits per heavy atom. The zero-order valence-corrected chi connectivity index (χ0v) is 14.3. The van der Waals surface area contributed by atoms with Gasteiger partial charge in [0.2, 0.25) is 11.8 Å². The number of primary amides is 1. The largest absolute Gasteiger partial charge is 0.369 e. The molecule has 2 saturated heterocycles. The van der Waals surface area contributed by atoms with Gasteiger partial charge in [-0.2, -0.15) is 0 Å². The van der Waals surface area contributed by atoms with E-state index in [2.05, 4.69) is 9.97 Å². The molecule has 0 spiro atoms. The first-order valence-corrected chi connectivity index (χ1v) is 8.87. The highest BCUT2D eigenvalue weighted by Gasteiger charge is 2.32. The topological polar surface area (TPSA) is 112 Å². The molecule has 2 aliphatic heterocycles. The number of nitrogens with two attached hydrogens (primary N) is 1. The van der Waals surface area contributed by atoms with Crippen LogP contribution in [-0.2, 0) is 9.59 Å². The van der Waals surface area contributed by atoms with E-state index in [1.807, 2.05) is 9.80 Å². The van der Waals surface area contributed by atoms with Crippen LogP contribution in [0.4, 0.5) is 0 Å². The summed E-state index contributed by atoms with van der Waals surface area (Å²) in [5.74, 6) is -0.195. The molecule has 2 aliphatic rings. The quantitative estimate of drug-likeness (QED) is 0.775. The summed E-state index contributed by atoms with van der Waals surface area (Å²) in [6, 6.07) is 1.52. The Hall–Kier alpha value is -2.22. The number of nitrogens with one attached hydrogen (secondary N) is 1. The smallest absolute Gasteiger partial charge is 0.250 e. The lowest BCUT2D eigenvalue weighted by atomic mass is 9.91. The Balaban J connectivity index is 1.63. The molecular weight excluding hydrogens is 322 g/mol. The average Bonchev–Trinajstić information content (AvgIpc) is 2.61. The normalized spacial score (nSPS) is 24.9. The van der Waals surface area contributed by atoms with Crippen LogP contribution in [0.25, 0.3) is 0 Å². The highest BCUT2D eigenvalue weighted by molar-refractivity contribution is 5.80. The zero-order valence-electron chi connectivity index (χ0n) is 14.3. The predicted octanol–water partition coefficient (Wildman–Crippen LogP) is -0.327. The van der Waals surface area contributed by atoms with Crippen LogP contribution >= 0.6 is 0 Å². The van der Waals surface area contributed by atoms with Gasteiger partial charge in [0.25, 0.3) is 5.56 Å². The number of hydrogen-bond donors (Lipinski definition) is 2. The van der Waals surface area contributed by atoms with Crippen molar-refractivity contribution in [3.63, 3.8) is 0 Å². The van der Waals surface area contributed by atoms with Gasteiger partial charge in [-0.05, 0) is 32.2 Å². The molecule has 2 amide bonds. The van der Waals surface area contributed by atoms with Crippen molar-refractivity contribution in [2.75, 3.05) is 32.7 Å². The Bertz CT molecular complexity index is 689. The van der Waals surface area contributed by atoms with Gasteiger partial charge in [-0.3, -0.25) is 19.3 Å². The summed E-state index contributed by atoms with van der Waals surface area (Å²) in [6.07, 6.45) is 5.00. The first kappa shape index (κ1) is 17.6. The molecule has 1 aromatic heterocycles. The lowest BCUT2D eigenvalue weighted by Gasteiger charge is -2.38. The number of amides is 2. The van der Waals surface area contributed by atoms with Gasteiger partial charge in [0.05, 0.1) is 24.5 Å². The molecule has 0 radical (unpaired) electrons. The Morgan fingerprint density at radius 3 is 2.80 bits per heavy atom. The third-order valence-corrected chi connectivity index (χ3v) is 5.08. The molecule has 2 unspecified atom stereocenters. The van der Waals surface area contributed by atoms with E-state index in [4.69, 9.17) is 5.73 Å². The van der Waals surface area contributed by atoms with E-state index in [0.29, 0.717) is 13.1 Å². The third kappa shape index (κ3) is 4.45. The van der Waals surface area contributed by atoms with Crippen molar-refractivity contribution in [3.05, 3.63) is 28.4 Å². The molecule has 3 N–H and O–H groups in total. The highest BCUT2D eigenvalue weighted by atomic mass is 16.2. The summed E-state index contributed by atoms with van der Waals surface area (Å²) in [4.78, 5) is 46.2. The van der Waals surface area contributed by atoms with E-state index < -0.39 is 0 Å². The van der Waals surface area contributed by atoms with Crippen molar-refractivity contribution in [1.82, 2.24) is 19.8 Å². The fourth-order valence-electron chi connectivity index (χ4n) is 3.90. The average molecular weight is 347 g/mol. The summed E-state index contributed by atoms with van der Waals surface area (Å²) in [5.41, 5.74) is 5.86. The summed E-state index contributed by atoms with van der Waals surface area (Å²) in [6.45, 7) is 2.95. The van der Waals surface area contributed by atoms with Gasteiger partial charge in [0.1, 0.15) is 0 Å². The van der Waals surface area contributed by atoms with Crippen molar-refractivity contribution in [2.45, 2.75) is 31.6 Å². The van der Waals surface area contributed by atoms with Crippen molar-refractivity contribution >= 4 is 11.8 Å². The number of hydrogen-bond acceptors (Lipinski definition) is 5. The Kier molecular flexibility index (Phi) is 5.47. The van der Waals surface area contributed by atoms with Gasteiger partial charge in [-0.25, -0.2) is 4.98 Å². The number of H-pyrrole nitrogens is 1. The van der Waals surface area contributed by atoms with E-state index in [1.165, 1.54) is 12.4 Å². The Labute approximate surface area is 146 Å². The van der Waals surface area contributed by atoms with E-state index in [9.17, 15) is 14.4 Å². The zero-order chi connectivity index (χ0) is 17.8. The molecule has 3 heterocycles. The van der Waals surface area contributed by atoms with Gasteiger partial charge >= 0.3 is 0 Å². The summed E-state index contributed by atoms with van der Waals surface area (Å²) < 4.78 is 0. The van der Waals surface area contributed by atoms with E-state index in [0.717, 1.165) is 44.5 Å². The van der Waals surface area contributed by atoms with Crippen molar-refractivity contribution in [2.24, 2.45) is 11.7 Å². The van der Waals surface area contributed by atoms with Crippen LogP contribution in [0.3, 0.4) is 0 Å². The molecule has 0 saturated carbocycles. The maximum absolute atomic E-state index is 12.9.